The summed E-state index contributed by atoms with van der Waals surface area (Å²) < 4.78 is 3.63. The van der Waals surface area contributed by atoms with Crippen LogP contribution in [0, 0.1) is 6.92 Å². The molecular formula is C16H18N4O. The van der Waals surface area contributed by atoms with Gasteiger partial charge in [-0.15, -0.1) is 0 Å². The van der Waals surface area contributed by atoms with Crippen molar-refractivity contribution in [3.63, 3.8) is 0 Å². The van der Waals surface area contributed by atoms with Crippen molar-refractivity contribution in [3.8, 4) is 0 Å². The summed E-state index contributed by atoms with van der Waals surface area (Å²) in [6.07, 6.45) is 0.329. The van der Waals surface area contributed by atoms with E-state index in [1.54, 1.807) is 4.68 Å². The Bertz CT molecular complexity index is 813. The molecule has 0 radical (unpaired) electrons. The van der Waals surface area contributed by atoms with Gasteiger partial charge >= 0.3 is 0 Å². The lowest BCUT2D eigenvalue weighted by Gasteiger charge is -2.02. The lowest BCUT2D eigenvalue weighted by molar-refractivity contribution is 0.0986. The summed E-state index contributed by atoms with van der Waals surface area (Å²) in [5.41, 5.74) is 3.39. The summed E-state index contributed by atoms with van der Waals surface area (Å²) in [5, 5.41) is 9.67. The molecule has 21 heavy (non-hydrogen) atoms. The minimum atomic E-state index is 0.0291. The maximum atomic E-state index is 12.6. The van der Waals surface area contributed by atoms with Crippen LogP contribution in [-0.2, 0) is 20.0 Å². The van der Waals surface area contributed by atoms with Crippen LogP contribution in [0.4, 0.5) is 0 Å². The number of para-hydroxylation sites is 1. The van der Waals surface area contributed by atoms with Crippen LogP contribution in [0.25, 0.3) is 10.9 Å². The first-order chi connectivity index (χ1) is 10.1. The van der Waals surface area contributed by atoms with E-state index in [4.69, 9.17) is 0 Å². The number of aryl methyl sites for hydroxylation is 3. The molecule has 3 aromatic rings. The third kappa shape index (κ3) is 2.35. The molecule has 0 bridgehead atoms. The number of ketones is 1. The van der Waals surface area contributed by atoms with Gasteiger partial charge in [0, 0.05) is 24.7 Å². The predicted octanol–water partition coefficient (Wildman–Crippen LogP) is 2.52. The van der Waals surface area contributed by atoms with Gasteiger partial charge in [-0.05, 0) is 26.0 Å². The first kappa shape index (κ1) is 13.5. The Morgan fingerprint density at radius 1 is 1.24 bits per heavy atom. The van der Waals surface area contributed by atoms with Crippen LogP contribution in [0.1, 0.15) is 28.8 Å². The Labute approximate surface area is 123 Å². The van der Waals surface area contributed by atoms with E-state index in [-0.39, 0.29) is 5.78 Å². The van der Waals surface area contributed by atoms with E-state index in [0.717, 1.165) is 28.8 Å². The van der Waals surface area contributed by atoms with E-state index in [1.807, 2.05) is 55.9 Å². The zero-order chi connectivity index (χ0) is 15.0. The van der Waals surface area contributed by atoms with Crippen LogP contribution in [-0.4, -0.2) is 25.3 Å². The Morgan fingerprint density at radius 3 is 2.76 bits per heavy atom. The second kappa shape index (κ2) is 5.16. The molecule has 0 aliphatic rings. The Kier molecular flexibility index (Phi) is 3.33. The van der Waals surface area contributed by atoms with E-state index >= 15 is 0 Å². The van der Waals surface area contributed by atoms with E-state index in [1.165, 1.54) is 0 Å². The third-order valence-electron chi connectivity index (χ3n) is 3.65. The van der Waals surface area contributed by atoms with Gasteiger partial charge in [0.05, 0.1) is 17.6 Å². The van der Waals surface area contributed by atoms with Gasteiger partial charge in [-0.3, -0.25) is 14.2 Å². The maximum absolute atomic E-state index is 12.6. The van der Waals surface area contributed by atoms with Crippen molar-refractivity contribution in [2.45, 2.75) is 26.8 Å². The topological polar surface area (TPSA) is 52.7 Å². The molecule has 5 heteroatoms. The highest BCUT2D eigenvalue weighted by Gasteiger charge is 2.18. The van der Waals surface area contributed by atoms with E-state index in [9.17, 15) is 4.79 Å². The predicted molar refractivity (Wildman–Crippen MR) is 81.4 cm³/mol. The molecule has 2 aromatic heterocycles. The monoisotopic (exact) mass is 282 g/mol. The molecule has 0 aliphatic heterocycles. The van der Waals surface area contributed by atoms with Crippen LogP contribution in [0.2, 0.25) is 0 Å². The molecule has 0 fully saturated rings. The molecule has 0 atom stereocenters. The fraction of sp³-hybridized carbons (Fsp3) is 0.312. The van der Waals surface area contributed by atoms with Crippen LogP contribution in [0.3, 0.4) is 0 Å². The van der Waals surface area contributed by atoms with Gasteiger partial charge in [0.1, 0.15) is 5.69 Å². The van der Waals surface area contributed by atoms with E-state index in [0.29, 0.717) is 12.1 Å². The van der Waals surface area contributed by atoms with Gasteiger partial charge in [0.25, 0.3) is 0 Å². The van der Waals surface area contributed by atoms with Crippen molar-refractivity contribution >= 4 is 16.7 Å². The van der Waals surface area contributed by atoms with Crippen LogP contribution in [0.5, 0.6) is 0 Å². The number of carbonyl (C=O) groups excluding carboxylic acids is 1. The fourth-order valence-corrected chi connectivity index (χ4v) is 2.68. The van der Waals surface area contributed by atoms with E-state index in [2.05, 4.69) is 10.2 Å². The Morgan fingerprint density at radius 2 is 2.00 bits per heavy atom. The fourth-order valence-electron chi connectivity index (χ4n) is 2.68. The van der Waals surface area contributed by atoms with Crippen molar-refractivity contribution in [2.24, 2.45) is 7.05 Å². The zero-order valence-corrected chi connectivity index (χ0v) is 12.5. The van der Waals surface area contributed by atoms with Gasteiger partial charge < -0.3 is 0 Å². The highest BCUT2D eigenvalue weighted by atomic mass is 16.1. The van der Waals surface area contributed by atoms with Crippen molar-refractivity contribution in [1.29, 1.82) is 0 Å². The second-order valence-corrected chi connectivity index (χ2v) is 5.18. The summed E-state index contributed by atoms with van der Waals surface area (Å²) in [5.74, 6) is 0.0291. The first-order valence-electron chi connectivity index (χ1n) is 7.08. The maximum Gasteiger partial charge on any atom is 0.189 e. The number of rotatable bonds is 4. The van der Waals surface area contributed by atoms with Crippen LogP contribution < -0.4 is 0 Å². The van der Waals surface area contributed by atoms with Gasteiger partial charge in [-0.25, -0.2) is 0 Å². The van der Waals surface area contributed by atoms with Crippen molar-refractivity contribution < 1.29 is 4.79 Å². The molecule has 108 valence electrons. The smallest absolute Gasteiger partial charge is 0.189 e. The lowest BCUT2D eigenvalue weighted by Crippen LogP contribution is -2.10. The van der Waals surface area contributed by atoms with Gasteiger partial charge in [0.2, 0.25) is 0 Å². The average Bonchev–Trinajstić information content (AvgIpc) is 3.00. The zero-order valence-electron chi connectivity index (χ0n) is 12.5. The summed E-state index contributed by atoms with van der Waals surface area (Å²) >= 11 is 0. The molecule has 2 heterocycles. The summed E-state index contributed by atoms with van der Waals surface area (Å²) in [6, 6.07) is 9.76. The van der Waals surface area contributed by atoms with E-state index < -0.39 is 0 Å². The van der Waals surface area contributed by atoms with Crippen molar-refractivity contribution in [2.75, 3.05) is 0 Å². The number of Topliss-reactive ketones (excluding diaryl/α,β-unsaturated/α-hetero) is 1. The average molecular weight is 282 g/mol. The number of aromatic nitrogens is 4. The minimum Gasteiger partial charge on any atom is -0.292 e. The normalized spacial score (nSPS) is 11.2. The molecule has 0 spiro atoms. The summed E-state index contributed by atoms with van der Waals surface area (Å²) in [6.45, 7) is 4.73. The minimum absolute atomic E-state index is 0.0291. The number of carbonyl (C=O) groups is 1. The molecule has 0 aliphatic carbocycles. The quantitative estimate of drug-likeness (QED) is 0.691. The number of nitrogens with zero attached hydrogens (tertiary/aromatic N) is 4. The van der Waals surface area contributed by atoms with Gasteiger partial charge in [-0.1, -0.05) is 18.2 Å². The lowest BCUT2D eigenvalue weighted by atomic mass is 10.1. The highest BCUT2D eigenvalue weighted by molar-refractivity contribution is 6.06. The number of benzene rings is 1. The van der Waals surface area contributed by atoms with Gasteiger partial charge in [-0.2, -0.15) is 10.2 Å². The molecule has 3 rings (SSSR count). The standard InChI is InChI=1S/C16H18N4O/c1-4-20-12(9-11(2)17-20)10-15(21)16-13-7-5-6-8-14(13)19(3)18-16/h5-9H,4,10H2,1-3H3. The first-order valence-corrected chi connectivity index (χ1v) is 7.08. The SMILES string of the molecule is CCn1nc(C)cc1CC(=O)c1nn(C)c2ccccc12. The third-order valence-corrected chi connectivity index (χ3v) is 3.65. The molecule has 0 unspecified atom stereocenters. The number of hydrogen-bond donors (Lipinski definition) is 0. The van der Waals surface area contributed by atoms with Gasteiger partial charge in [0.15, 0.2) is 5.78 Å². The number of fused-ring (bicyclic) bond motifs is 1. The molecule has 0 saturated heterocycles. The molecule has 5 nitrogen and oxygen atoms in total. The molecular weight excluding hydrogens is 264 g/mol. The molecule has 0 amide bonds. The summed E-state index contributed by atoms with van der Waals surface area (Å²) in [7, 11) is 1.86. The van der Waals surface area contributed by atoms with Crippen molar-refractivity contribution in [1.82, 2.24) is 19.6 Å². The van der Waals surface area contributed by atoms with Crippen LogP contribution >= 0.6 is 0 Å². The second-order valence-electron chi connectivity index (χ2n) is 5.18. The summed E-state index contributed by atoms with van der Waals surface area (Å²) in [4.78, 5) is 12.6. The highest BCUT2D eigenvalue weighted by Crippen LogP contribution is 2.19. The van der Waals surface area contributed by atoms with Crippen molar-refractivity contribution in [3.05, 3.63) is 47.4 Å². The molecule has 1 aromatic carbocycles. The molecule has 0 N–H and O–H groups in total. The number of hydrogen-bond acceptors (Lipinski definition) is 3. The Hall–Kier alpha value is -2.43. The van der Waals surface area contributed by atoms with Crippen LogP contribution in [0.15, 0.2) is 30.3 Å². The largest absolute Gasteiger partial charge is 0.292 e. The molecule has 0 saturated carbocycles. The Balaban J connectivity index is 1.97.